The van der Waals surface area contributed by atoms with Crippen molar-refractivity contribution in [2.24, 2.45) is 5.73 Å². The highest BCUT2D eigenvalue weighted by atomic mass is 16.5. The zero-order valence-corrected chi connectivity index (χ0v) is 12.0. The maximum absolute atomic E-state index is 6.47. The second kappa shape index (κ2) is 6.88. The molecule has 0 spiro atoms. The number of methoxy groups -OCH3 is 1. The van der Waals surface area contributed by atoms with Crippen LogP contribution in [0.25, 0.3) is 0 Å². The van der Waals surface area contributed by atoms with Crippen LogP contribution in [-0.2, 0) is 10.3 Å². The first-order chi connectivity index (χ1) is 8.47. The highest BCUT2D eigenvalue weighted by molar-refractivity contribution is 5.23. The molecule has 0 heterocycles. The standard InChI is InChI=1S/C15H26N2O/c1-13(2)17(10-11-18-4)12-15(3,16)14-8-6-5-7-9-14/h5-9,13H,10-12,16H2,1-4H3. The van der Waals surface area contributed by atoms with Crippen LogP contribution >= 0.6 is 0 Å². The van der Waals surface area contributed by atoms with Crippen LogP contribution in [0.5, 0.6) is 0 Å². The van der Waals surface area contributed by atoms with Gasteiger partial charge in [0.25, 0.3) is 0 Å². The van der Waals surface area contributed by atoms with Gasteiger partial charge in [-0.15, -0.1) is 0 Å². The molecule has 18 heavy (non-hydrogen) atoms. The van der Waals surface area contributed by atoms with Crippen molar-refractivity contribution >= 4 is 0 Å². The Morgan fingerprint density at radius 1 is 1.28 bits per heavy atom. The summed E-state index contributed by atoms with van der Waals surface area (Å²) in [5.41, 5.74) is 7.31. The van der Waals surface area contributed by atoms with Crippen molar-refractivity contribution in [3.8, 4) is 0 Å². The second-order valence-electron chi connectivity index (χ2n) is 5.34. The van der Waals surface area contributed by atoms with Gasteiger partial charge in [0.1, 0.15) is 0 Å². The summed E-state index contributed by atoms with van der Waals surface area (Å²) in [6.45, 7) is 8.95. The van der Waals surface area contributed by atoms with Gasteiger partial charge in [-0.2, -0.15) is 0 Å². The molecule has 0 aromatic heterocycles. The Kier molecular flexibility index (Phi) is 5.79. The Balaban J connectivity index is 2.72. The average molecular weight is 250 g/mol. The molecule has 0 aliphatic heterocycles. The Hall–Kier alpha value is -0.900. The van der Waals surface area contributed by atoms with E-state index in [2.05, 4.69) is 37.8 Å². The van der Waals surface area contributed by atoms with Crippen molar-refractivity contribution in [2.45, 2.75) is 32.4 Å². The number of benzene rings is 1. The lowest BCUT2D eigenvalue weighted by Crippen LogP contribution is -2.48. The number of nitrogens with two attached hydrogens (primary N) is 1. The summed E-state index contributed by atoms with van der Waals surface area (Å²) in [7, 11) is 1.73. The van der Waals surface area contributed by atoms with Gasteiger partial charge in [0, 0.05) is 26.2 Å². The van der Waals surface area contributed by atoms with Gasteiger partial charge in [-0.1, -0.05) is 30.3 Å². The molecule has 1 rings (SSSR count). The van der Waals surface area contributed by atoms with E-state index in [4.69, 9.17) is 10.5 Å². The van der Waals surface area contributed by atoms with Crippen molar-refractivity contribution in [3.05, 3.63) is 35.9 Å². The van der Waals surface area contributed by atoms with Gasteiger partial charge in [0.2, 0.25) is 0 Å². The molecule has 1 unspecified atom stereocenters. The molecule has 1 aromatic carbocycles. The molecule has 102 valence electrons. The summed E-state index contributed by atoms with van der Waals surface area (Å²) in [6.07, 6.45) is 0. The quantitative estimate of drug-likeness (QED) is 0.806. The molecule has 0 bridgehead atoms. The maximum Gasteiger partial charge on any atom is 0.0589 e. The summed E-state index contributed by atoms with van der Waals surface area (Å²) in [5.74, 6) is 0. The third-order valence-corrected chi connectivity index (χ3v) is 3.28. The van der Waals surface area contributed by atoms with E-state index in [1.165, 1.54) is 5.56 Å². The summed E-state index contributed by atoms with van der Waals surface area (Å²) in [4.78, 5) is 2.36. The lowest BCUT2D eigenvalue weighted by Gasteiger charge is -2.35. The van der Waals surface area contributed by atoms with E-state index in [1.807, 2.05) is 18.2 Å². The summed E-state index contributed by atoms with van der Waals surface area (Å²) >= 11 is 0. The van der Waals surface area contributed by atoms with E-state index in [-0.39, 0.29) is 5.54 Å². The molecule has 3 nitrogen and oxygen atoms in total. The third-order valence-electron chi connectivity index (χ3n) is 3.28. The highest BCUT2D eigenvalue weighted by Crippen LogP contribution is 2.19. The predicted octanol–water partition coefficient (Wildman–Crippen LogP) is 2.22. The predicted molar refractivity (Wildman–Crippen MR) is 76.6 cm³/mol. The van der Waals surface area contributed by atoms with Crippen LogP contribution in [0.15, 0.2) is 30.3 Å². The molecular formula is C15H26N2O. The molecule has 0 saturated carbocycles. The summed E-state index contributed by atoms with van der Waals surface area (Å²) < 4.78 is 5.16. The molecule has 1 atom stereocenters. The van der Waals surface area contributed by atoms with Crippen LogP contribution in [0.3, 0.4) is 0 Å². The SMILES string of the molecule is COCCN(CC(C)(N)c1ccccc1)C(C)C. The summed E-state index contributed by atoms with van der Waals surface area (Å²) in [5, 5.41) is 0. The first kappa shape index (κ1) is 15.2. The molecule has 0 aliphatic carbocycles. The first-order valence-corrected chi connectivity index (χ1v) is 6.55. The fraction of sp³-hybridized carbons (Fsp3) is 0.600. The first-order valence-electron chi connectivity index (χ1n) is 6.55. The van der Waals surface area contributed by atoms with Crippen LogP contribution in [0.2, 0.25) is 0 Å². The van der Waals surface area contributed by atoms with Gasteiger partial charge in [-0.3, -0.25) is 4.90 Å². The van der Waals surface area contributed by atoms with Crippen molar-refractivity contribution in [2.75, 3.05) is 26.8 Å². The largest absolute Gasteiger partial charge is 0.383 e. The maximum atomic E-state index is 6.47. The molecule has 0 amide bonds. The molecule has 0 aliphatic rings. The number of hydrogen-bond acceptors (Lipinski definition) is 3. The number of hydrogen-bond donors (Lipinski definition) is 1. The van der Waals surface area contributed by atoms with Gasteiger partial charge < -0.3 is 10.5 Å². The Labute approximate surface area is 111 Å². The smallest absolute Gasteiger partial charge is 0.0589 e. The monoisotopic (exact) mass is 250 g/mol. The lowest BCUT2D eigenvalue weighted by atomic mass is 9.92. The van der Waals surface area contributed by atoms with E-state index in [0.29, 0.717) is 6.04 Å². The fourth-order valence-electron chi connectivity index (χ4n) is 2.06. The second-order valence-corrected chi connectivity index (χ2v) is 5.34. The van der Waals surface area contributed by atoms with Crippen LogP contribution in [0, 0.1) is 0 Å². The zero-order valence-electron chi connectivity index (χ0n) is 12.0. The van der Waals surface area contributed by atoms with Crippen molar-refractivity contribution in [1.82, 2.24) is 4.90 Å². The molecule has 3 heteroatoms. The molecular weight excluding hydrogens is 224 g/mol. The molecule has 2 N–H and O–H groups in total. The lowest BCUT2D eigenvalue weighted by molar-refractivity contribution is 0.112. The van der Waals surface area contributed by atoms with Crippen molar-refractivity contribution in [3.63, 3.8) is 0 Å². The number of rotatable bonds is 7. The van der Waals surface area contributed by atoms with Crippen LogP contribution in [0.4, 0.5) is 0 Å². The molecule has 0 radical (unpaired) electrons. The van der Waals surface area contributed by atoms with Gasteiger partial charge >= 0.3 is 0 Å². The van der Waals surface area contributed by atoms with E-state index in [0.717, 1.165) is 19.7 Å². The van der Waals surface area contributed by atoms with E-state index in [9.17, 15) is 0 Å². The van der Waals surface area contributed by atoms with Crippen LogP contribution in [-0.4, -0.2) is 37.7 Å². The van der Waals surface area contributed by atoms with Gasteiger partial charge in [0.15, 0.2) is 0 Å². The zero-order chi connectivity index (χ0) is 13.6. The van der Waals surface area contributed by atoms with Gasteiger partial charge in [-0.05, 0) is 26.3 Å². The Morgan fingerprint density at radius 2 is 1.89 bits per heavy atom. The van der Waals surface area contributed by atoms with Gasteiger partial charge in [0.05, 0.1) is 12.1 Å². The van der Waals surface area contributed by atoms with Crippen LogP contribution < -0.4 is 5.73 Å². The Morgan fingerprint density at radius 3 is 2.39 bits per heavy atom. The fourth-order valence-corrected chi connectivity index (χ4v) is 2.06. The van der Waals surface area contributed by atoms with Crippen molar-refractivity contribution in [1.29, 1.82) is 0 Å². The summed E-state index contributed by atoms with van der Waals surface area (Å²) in [6, 6.07) is 10.7. The minimum absolute atomic E-state index is 0.334. The third kappa shape index (κ3) is 4.41. The van der Waals surface area contributed by atoms with E-state index >= 15 is 0 Å². The normalized spacial score (nSPS) is 15.1. The van der Waals surface area contributed by atoms with Gasteiger partial charge in [-0.25, -0.2) is 0 Å². The number of ether oxygens (including phenoxy) is 1. The highest BCUT2D eigenvalue weighted by Gasteiger charge is 2.25. The van der Waals surface area contributed by atoms with E-state index < -0.39 is 0 Å². The minimum atomic E-state index is -0.334. The average Bonchev–Trinajstić information content (AvgIpc) is 2.35. The van der Waals surface area contributed by atoms with Crippen LogP contribution in [0.1, 0.15) is 26.3 Å². The van der Waals surface area contributed by atoms with Crippen molar-refractivity contribution < 1.29 is 4.74 Å². The van der Waals surface area contributed by atoms with E-state index in [1.54, 1.807) is 7.11 Å². The molecule has 0 saturated heterocycles. The Bertz CT molecular complexity index is 336. The minimum Gasteiger partial charge on any atom is -0.383 e. The number of nitrogens with zero attached hydrogens (tertiary/aromatic N) is 1. The molecule has 1 aromatic rings. The molecule has 0 fully saturated rings. The topological polar surface area (TPSA) is 38.5 Å².